The minimum atomic E-state index is -3.49. The summed E-state index contributed by atoms with van der Waals surface area (Å²) in [6, 6.07) is 0. The Balaban J connectivity index is 2.92. The predicted molar refractivity (Wildman–Crippen MR) is 23.3 cm³/mol. The molecule has 0 fully saturated rings. The number of unbranched alkanes of at least 4 members (excludes halogenated alkanes) is 1. The van der Waals surface area contributed by atoms with E-state index in [9.17, 15) is 7.35 Å². The molecule has 54 valence electrons. The molecule has 0 bridgehead atoms. The van der Waals surface area contributed by atoms with Crippen molar-refractivity contribution in [1.82, 2.24) is 0 Å². The van der Waals surface area contributed by atoms with Crippen LogP contribution in [0.4, 0.5) is 0 Å². The third-order valence-corrected chi connectivity index (χ3v) is 1.05. The summed E-state index contributed by atoms with van der Waals surface area (Å²) in [5.41, 5.74) is 0. The van der Waals surface area contributed by atoms with Crippen molar-refractivity contribution in [3.05, 3.63) is 0 Å². The van der Waals surface area contributed by atoms with Gasteiger partial charge in [-0.3, -0.25) is 0 Å². The van der Waals surface area contributed by atoms with Crippen LogP contribution in [0.3, 0.4) is 0 Å². The number of hydrogen-bond acceptors (Lipinski definition) is 4. The summed E-state index contributed by atoms with van der Waals surface area (Å²) in [4.78, 5) is 4.28. The molecule has 0 spiro atoms. The summed E-state index contributed by atoms with van der Waals surface area (Å²) in [7, 11) is 0. The van der Waals surface area contributed by atoms with Gasteiger partial charge in [0.2, 0.25) is 0 Å². The van der Waals surface area contributed by atoms with Crippen molar-refractivity contribution >= 4 is 0 Å². The van der Waals surface area contributed by atoms with Gasteiger partial charge in [-0.1, -0.05) is 0 Å². The molecule has 0 saturated carbocycles. The van der Waals surface area contributed by atoms with E-state index in [1.807, 2.05) is 6.92 Å². The van der Waals surface area contributed by atoms with E-state index in [1.54, 1.807) is 0 Å². The molecule has 0 radical (unpaired) electrons. The Morgan fingerprint density at radius 3 is 2.56 bits per heavy atom. The Kier molecular flexibility index (Phi) is 6.30. The Morgan fingerprint density at radius 2 is 2.11 bits per heavy atom. The molecular formula is C4H9O4V. The van der Waals surface area contributed by atoms with Crippen LogP contribution in [0.5, 0.6) is 0 Å². The second kappa shape index (κ2) is 6.23. The van der Waals surface area contributed by atoms with Gasteiger partial charge in [-0.2, -0.15) is 0 Å². The van der Waals surface area contributed by atoms with Gasteiger partial charge in [0.05, 0.1) is 0 Å². The van der Waals surface area contributed by atoms with Crippen LogP contribution in [0.2, 0.25) is 0 Å². The summed E-state index contributed by atoms with van der Waals surface area (Å²) >= 11 is -3.49. The average Bonchev–Trinajstić information content (AvgIpc) is 1.80. The molecule has 0 unspecified atom stereocenters. The maximum atomic E-state index is 9.73. The molecule has 0 N–H and O–H groups in total. The van der Waals surface area contributed by atoms with E-state index >= 15 is 0 Å². The Labute approximate surface area is 58.4 Å². The van der Waals surface area contributed by atoms with Gasteiger partial charge in [0, 0.05) is 0 Å². The van der Waals surface area contributed by atoms with E-state index in [0.717, 1.165) is 12.8 Å². The maximum absolute atomic E-state index is 9.73. The minimum absolute atomic E-state index is 0.353. The second-order valence-electron chi connectivity index (χ2n) is 1.47. The number of rotatable bonds is 5. The van der Waals surface area contributed by atoms with Crippen LogP contribution in [0, 0.1) is 0 Å². The van der Waals surface area contributed by atoms with Gasteiger partial charge >= 0.3 is 57.8 Å². The van der Waals surface area contributed by atoms with Crippen molar-refractivity contribution in [2.24, 2.45) is 0 Å². The zero-order chi connectivity index (χ0) is 7.11. The molecule has 0 aromatic carbocycles. The third-order valence-electron chi connectivity index (χ3n) is 0.695. The molecule has 4 nitrogen and oxygen atoms in total. The molecule has 0 rings (SSSR count). The van der Waals surface area contributed by atoms with E-state index in [-0.39, 0.29) is 0 Å². The van der Waals surface area contributed by atoms with Crippen molar-refractivity contribution in [1.29, 1.82) is 0 Å². The second-order valence-corrected chi connectivity index (χ2v) is 2.40. The van der Waals surface area contributed by atoms with Crippen LogP contribution >= 0.6 is 0 Å². The Bertz CT molecular complexity index is 112. The van der Waals surface area contributed by atoms with Crippen LogP contribution in [0.25, 0.3) is 0 Å². The van der Waals surface area contributed by atoms with Crippen LogP contribution in [0.1, 0.15) is 19.8 Å². The van der Waals surface area contributed by atoms with E-state index in [0.29, 0.717) is 6.61 Å². The summed E-state index contributed by atoms with van der Waals surface area (Å²) in [6.07, 6.45) is 1.79. The molecule has 0 heterocycles. The summed E-state index contributed by atoms with van der Waals surface area (Å²) in [6.45, 7) is 2.33. The predicted octanol–water partition coefficient (Wildman–Crippen LogP) is 0.959. The van der Waals surface area contributed by atoms with E-state index in [2.05, 4.69) is 8.70 Å². The zero-order valence-electron chi connectivity index (χ0n) is 5.20. The molecule has 0 atom stereocenters. The summed E-state index contributed by atoms with van der Waals surface area (Å²) in [5.74, 6) is 0. The molecule has 0 aliphatic heterocycles. The van der Waals surface area contributed by atoms with Gasteiger partial charge < -0.3 is 0 Å². The Morgan fingerprint density at radius 1 is 1.44 bits per heavy atom. The fourth-order valence-electron chi connectivity index (χ4n) is 0.284. The molecule has 9 heavy (non-hydrogen) atoms. The van der Waals surface area contributed by atoms with Gasteiger partial charge in [0.1, 0.15) is 0 Å². The van der Waals surface area contributed by atoms with Crippen LogP contribution in [0.15, 0.2) is 0 Å². The van der Waals surface area contributed by atoms with Crippen LogP contribution in [-0.2, 0) is 31.4 Å². The Hall–Kier alpha value is 0.104. The fraction of sp³-hybridized carbons (Fsp3) is 1.00. The third kappa shape index (κ3) is 8.10. The molecular weight excluding hydrogens is 163 g/mol. The zero-order valence-corrected chi connectivity index (χ0v) is 6.60. The van der Waals surface area contributed by atoms with Crippen molar-refractivity contribution in [3.8, 4) is 0 Å². The summed E-state index contributed by atoms with van der Waals surface area (Å²) < 4.78 is 23.3. The molecule has 0 aromatic rings. The van der Waals surface area contributed by atoms with E-state index in [4.69, 9.17) is 0 Å². The molecule has 0 amide bonds. The number of hydrogen-bond donors (Lipinski definition) is 0. The van der Waals surface area contributed by atoms with Crippen molar-refractivity contribution < 1.29 is 31.4 Å². The van der Waals surface area contributed by atoms with Crippen LogP contribution < -0.4 is 0 Å². The first-order valence-electron chi connectivity index (χ1n) is 2.71. The fourth-order valence-corrected chi connectivity index (χ4v) is 0.534. The topological polar surface area (TPSA) is 52.6 Å². The van der Waals surface area contributed by atoms with Gasteiger partial charge in [0.25, 0.3) is 0 Å². The SMILES string of the molecule is CCCCO[O][V](=[O])=[O]. The van der Waals surface area contributed by atoms with Crippen molar-refractivity contribution in [2.45, 2.75) is 19.8 Å². The normalized spacial score (nSPS) is 9.44. The first-order valence-corrected chi connectivity index (χ1v) is 4.42. The standard InChI is InChI=1S/C4H10O2.2O.V/c1-2-3-4-6-5;;;/h5H,2-4H2,1H3;;;/q;;;+1/p-1. The van der Waals surface area contributed by atoms with Crippen molar-refractivity contribution in [2.75, 3.05) is 6.61 Å². The van der Waals surface area contributed by atoms with E-state index < -0.39 is 15.4 Å². The van der Waals surface area contributed by atoms with Gasteiger partial charge in [-0.25, -0.2) is 0 Å². The molecule has 0 aliphatic carbocycles. The van der Waals surface area contributed by atoms with Gasteiger partial charge in [-0.05, 0) is 0 Å². The molecule has 0 aromatic heterocycles. The molecule has 0 aliphatic rings. The summed E-state index contributed by atoms with van der Waals surface area (Å²) in [5, 5.41) is 0. The first-order chi connectivity index (χ1) is 4.27. The first kappa shape index (κ1) is 9.10. The molecule has 5 heteroatoms. The molecule has 0 saturated heterocycles. The average molecular weight is 172 g/mol. The van der Waals surface area contributed by atoms with Gasteiger partial charge in [0.15, 0.2) is 0 Å². The van der Waals surface area contributed by atoms with Gasteiger partial charge in [-0.15, -0.1) is 0 Å². The quantitative estimate of drug-likeness (QED) is 0.352. The van der Waals surface area contributed by atoms with Crippen molar-refractivity contribution in [3.63, 3.8) is 0 Å². The van der Waals surface area contributed by atoms with E-state index in [1.165, 1.54) is 0 Å². The monoisotopic (exact) mass is 172 g/mol. The van der Waals surface area contributed by atoms with Crippen LogP contribution in [-0.4, -0.2) is 6.61 Å².